The van der Waals surface area contributed by atoms with Gasteiger partial charge in [-0.3, -0.25) is 0 Å². The summed E-state index contributed by atoms with van der Waals surface area (Å²) < 4.78 is 5.60. The lowest BCUT2D eigenvalue weighted by atomic mass is 9.94. The van der Waals surface area contributed by atoms with Crippen LogP contribution in [0.15, 0.2) is 23.5 Å². The van der Waals surface area contributed by atoms with Crippen LogP contribution < -0.4 is 5.32 Å². The third kappa shape index (κ3) is 1.27. The van der Waals surface area contributed by atoms with Crippen molar-refractivity contribution in [3.05, 3.63) is 23.5 Å². The number of likely N-dealkylation sites (N-methyl/N-ethyl adjacent to an activating group) is 1. The monoisotopic (exact) mass is 165 g/mol. The lowest BCUT2D eigenvalue weighted by Crippen LogP contribution is -2.33. The van der Waals surface area contributed by atoms with Crippen LogP contribution in [0.2, 0.25) is 0 Å². The van der Waals surface area contributed by atoms with E-state index in [1.165, 1.54) is 11.3 Å². The van der Waals surface area contributed by atoms with E-state index < -0.39 is 0 Å². The molecule has 2 heteroatoms. The maximum Gasteiger partial charge on any atom is 0.101 e. The average Bonchev–Trinajstić information content (AvgIpc) is 2.17. The highest BCUT2D eigenvalue weighted by molar-refractivity contribution is 5.32. The van der Waals surface area contributed by atoms with Crippen molar-refractivity contribution in [1.29, 1.82) is 0 Å². The summed E-state index contributed by atoms with van der Waals surface area (Å²) in [7, 11) is 2.02. The van der Waals surface area contributed by atoms with Crippen LogP contribution in [0, 0.1) is 0 Å². The number of rotatable bonds is 1. The molecule has 0 bridgehead atoms. The van der Waals surface area contributed by atoms with Crippen molar-refractivity contribution >= 4 is 0 Å². The van der Waals surface area contributed by atoms with Crippen LogP contribution >= 0.6 is 0 Å². The lowest BCUT2D eigenvalue weighted by Gasteiger charge is -2.28. The van der Waals surface area contributed by atoms with Gasteiger partial charge in [0.2, 0.25) is 0 Å². The van der Waals surface area contributed by atoms with Crippen molar-refractivity contribution in [3.8, 4) is 0 Å². The molecule has 0 fully saturated rings. The first kappa shape index (κ1) is 7.87. The van der Waals surface area contributed by atoms with Gasteiger partial charge in [0.25, 0.3) is 0 Å². The maximum atomic E-state index is 5.60. The van der Waals surface area contributed by atoms with E-state index in [0.29, 0.717) is 6.04 Å². The molecule has 0 saturated carbocycles. The number of nitrogens with one attached hydrogen (secondary N) is 1. The maximum absolute atomic E-state index is 5.60. The molecule has 12 heavy (non-hydrogen) atoms. The Hall–Kier alpha value is -0.760. The standard InChI is InChI=1S/C10H15NO/c1-11-9-6-7-12-10-5-3-2-4-8(9)10/h2,4,9,11H,3,5-7H2,1H3/t9-/m1/s1. The second kappa shape index (κ2) is 3.31. The molecule has 0 amide bonds. The summed E-state index contributed by atoms with van der Waals surface area (Å²) in [6.07, 6.45) is 7.76. The fraction of sp³-hybridized carbons (Fsp3) is 0.600. The van der Waals surface area contributed by atoms with Crippen molar-refractivity contribution in [2.24, 2.45) is 0 Å². The van der Waals surface area contributed by atoms with E-state index in [9.17, 15) is 0 Å². The molecule has 0 aromatic carbocycles. The molecular formula is C10H15NO. The summed E-state index contributed by atoms with van der Waals surface area (Å²) in [5.74, 6) is 1.21. The van der Waals surface area contributed by atoms with E-state index in [2.05, 4.69) is 17.5 Å². The summed E-state index contributed by atoms with van der Waals surface area (Å²) in [5, 5.41) is 3.31. The molecule has 0 saturated heterocycles. The van der Waals surface area contributed by atoms with Crippen molar-refractivity contribution in [1.82, 2.24) is 5.32 Å². The molecule has 2 rings (SSSR count). The molecule has 1 aliphatic heterocycles. The van der Waals surface area contributed by atoms with Gasteiger partial charge < -0.3 is 10.1 Å². The number of allylic oxidation sites excluding steroid dienone is 2. The normalized spacial score (nSPS) is 28.2. The molecule has 0 aromatic rings. The fourth-order valence-corrected chi connectivity index (χ4v) is 1.88. The molecule has 1 atom stereocenters. The van der Waals surface area contributed by atoms with Gasteiger partial charge in [0.1, 0.15) is 5.76 Å². The highest BCUT2D eigenvalue weighted by Gasteiger charge is 2.22. The summed E-state index contributed by atoms with van der Waals surface area (Å²) in [6.45, 7) is 0.873. The average molecular weight is 165 g/mol. The minimum absolute atomic E-state index is 0.519. The van der Waals surface area contributed by atoms with Crippen molar-refractivity contribution in [2.75, 3.05) is 13.7 Å². The first-order valence-electron chi connectivity index (χ1n) is 4.61. The van der Waals surface area contributed by atoms with Crippen LogP contribution in [0.4, 0.5) is 0 Å². The zero-order valence-corrected chi connectivity index (χ0v) is 7.47. The Morgan fingerprint density at radius 3 is 3.33 bits per heavy atom. The Labute approximate surface area is 73.3 Å². The Morgan fingerprint density at radius 1 is 1.58 bits per heavy atom. The summed E-state index contributed by atoms with van der Waals surface area (Å²) in [6, 6.07) is 0.519. The van der Waals surface area contributed by atoms with E-state index in [1.54, 1.807) is 0 Å². The third-order valence-corrected chi connectivity index (χ3v) is 2.56. The molecule has 0 aromatic heterocycles. The van der Waals surface area contributed by atoms with Gasteiger partial charge in [-0.25, -0.2) is 0 Å². The fourth-order valence-electron chi connectivity index (χ4n) is 1.88. The summed E-state index contributed by atoms with van der Waals surface area (Å²) in [4.78, 5) is 0. The van der Waals surface area contributed by atoms with E-state index in [-0.39, 0.29) is 0 Å². The van der Waals surface area contributed by atoms with Gasteiger partial charge in [-0.15, -0.1) is 0 Å². The van der Waals surface area contributed by atoms with Gasteiger partial charge in [0.05, 0.1) is 6.61 Å². The van der Waals surface area contributed by atoms with Crippen molar-refractivity contribution in [2.45, 2.75) is 25.3 Å². The van der Waals surface area contributed by atoms with Crippen molar-refractivity contribution < 1.29 is 4.74 Å². The highest BCUT2D eigenvalue weighted by Crippen LogP contribution is 2.27. The minimum atomic E-state index is 0.519. The first-order chi connectivity index (χ1) is 5.92. The van der Waals surface area contributed by atoms with E-state index in [1.807, 2.05) is 7.05 Å². The molecule has 2 nitrogen and oxygen atoms in total. The van der Waals surface area contributed by atoms with Crippen LogP contribution in [0.25, 0.3) is 0 Å². The molecule has 0 unspecified atom stereocenters. The van der Waals surface area contributed by atoms with Crippen LogP contribution in [-0.4, -0.2) is 19.7 Å². The highest BCUT2D eigenvalue weighted by atomic mass is 16.5. The van der Waals surface area contributed by atoms with Gasteiger partial charge in [-0.2, -0.15) is 0 Å². The Bertz CT molecular complexity index is 230. The Kier molecular flexibility index (Phi) is 2.17. The van der Waals surface area contributed by atoms with Crippen LogP contribution in [0.3, 0.4) is 0 Å². The summed E-state index contributed by atoms with van der Waals surface area (Å²) in [5.41, 5.74) is 1.37. The van der Waals surface area contributed by atoms with E-state index in [0.717, 1.165) is 25.9 Å². The van der Waals surface area contributed by atoms with Crippen LogP contribution in [0.5, 0.6) is 0 Å². The number of ether oxygens (including phenoxy) is 1. The van der Waals surface area contributed by atoms with Crippen molar-refractivity contribution in [3.63, 3.8) is 0 Å². The predicted molar refractivity (Wildman–Crippen MR) is 48.8 cm³/mol. The topological polar surface area (TPSA) is 21.3 Å². The molecular weight excluding hydrogens is 150 g/mol. The molecule has 0 radical (unpaired) electrons. The SMILES string of the molecule is CN[C@@H]1CCOC2=C1C=CCC2. The van der Waals surface area contributed by atoms with Gasteiger partial charge in [-0.05, 0) is 13.5 Å². The van der Waals surface area contributed by atoms with Gasteiger partial charge in [0, 0.05) is 24.5 Å². The molecule has 1 aliphatic carbocycles. The van der Waals surface area contributed by atoms with Gasteiger partial charge in [-0.1, -0.05) is 12.2 Å². The number of hydrogen-bond donors (Lipinski definition) is 1. The smallest absolute Gasteiger partial charge is 0.101 e. The zero-order chi connectivity index (χ0) is 8.39. The van der Waals surface area contributed by atoms with Crippen LogP contribution in [-0.2, 0) is 4.74 Å². The predicted octanol–water partition coefficient (Wildman–Crippen LogP) is 1.60. The van der Waals surface area contributed by atoms with Crippen LogP contribution in [0.1, 0.15) is 19.3 Å². The summed E-state index contributed by atoms with van der Waals surface area (Å²) >= 11 is 0. The molecule has 1 heterocycles. The lowest BCUT2D eigenvalue weighted by molar-refractivity contribution is 0.166. The second-order valence-corrected chi connectivity index (χ2v) is 3.30. The largest absolute Gasteiger partial charge is 0.498 e. The quantitative estimate of drug-likeness (QED) is 0.637. The molecule has 1 N–H and O–H groups in total. The molecule has 2 aliphatic rings. The zero-order valence-electron chi connectivity index (χ0n) is 7.47. The first-order valence-corrected chi connectivity index (χ1v) is 4.61. The Balaban J connectivity index is 2.24. The molecule has 66 valence electrons. The van der Waals surface area contributed by atoms with E-state index in [4.69, 9.17) is 4.74 Å². The number of hydrogen-bond acceptors (Lipinski definition) is 2. The van der Waals surface area contributed by atoms with E-state index >= 15 is 0 Å². The minimum Gasteiger partial charge on any atom is -0.498 e. The van der Waals surface area contributed by atoms with Gasteiger partial charge in [0.15, 0.2) is 0 Å². The third-order valence-electron chi connectivity index (χ3n) is 2.56. The molecule has 0 spiro atoms. The van der Waals surface area contributed by atoms with Gasteiger partial charge >= 0.3 is 0 Å². The Morgan fingerprint density at radius 2 is 2.50 bits per heavy atom. The second-order valence-electron chi connectivity index (χ2n) is 3.30.